The number of benzene rings is 2. The molecule has 0 spiro atoms. The van der Waals surface area contributed by atoms with Crippen LogP contribution >= 0.6 is 0 Å². The molecule has 0 radical (unpaired) electrons. The molecule has 21 heavy (non-hydrogen) atoms. The summed E-state index contributed by atoms with van der Waals surface area (Å²) in [5.41, 5.74) is 1.44. The van der Waals surface area contributed by atoms with Gasteiger partial charge in [0, 0.05) is 5.56 Å². The van der Waals surface area contributed by atoms with Crippen LogP contribution in [0.15, 0.2) is 54.6 Å². The van der Waals surface area contributed by atoms with Crippen molar-refractivity contribution in [3.63, 3.8) is 0 Å². The molecule has 2 aromatic carbocycles. The van der Waals surface area contributed by atoms with E-state index in [1.165, 1.54) is 0 Å². The SMILES string of the molecule is CC(C)(C(=O)O)n1c(-c2ccccc2)nc2ccccc21. The normalized spacial score (nSPS) is 11.7. The fourth-order valence-corrected chi connectivity index (χ4v) is 2.47. The van der Waals surface area contributed by atoms with Crippen LogP contribution in [0.25, 0.3) is 22.4 Å². The summed E-state index contributed by atoms with van der Waals surface area (Å²) in [6.07, 6.45) is 0. The summed E-state index contributed by atoms with van der Waals surface area (Å²) in [4.78, 5) is 16.3. The van der Waals surface area contributed by atoms with E-state index in [9.17, 15) is 9.90 Å². The topological polar surface area (TPSA) is 55.1 Å². The van der Waals surface area contributed by atoms with Crippen LogP contribution in [-0.2, 0) is 10.3 Å². The fraction of sp³-hybridized carbons (Fsp3) is 0.176. The second-order valence-electron chi connectivity index (χ2n) is 5.49. The molecule has 0 atom stereocenters. The molecule has 0 aliphatic rings. The molecule has 106 valence electrons. The van der Waals surface area contributed by atoms with E-state index in [2.05, 4.69) is 4.98 Å². The molecule has 0 fully saturated rings. The number of fused-ring (bicyclic) bond motifs is 1. The van der Waals surface area contributed by atoms with Gasteiger partial charge in [0.1, 0.15) is 11.4 Å². The van der Waals surface area contributed by atoms with E-state index in [0.717, 1.165) is 16.6 Å². The highest BCUT2D eigenvalue weighted by Gasteiger charge is 2.33. The van der Waals surface area contributed by atoms with E-state index in [-0.39, 0.29) is 0 Å². The van der Waals surface area contributed by atoms with Crippen LogP contribution in [0.1, 0.15) is 13.8 Å². The second-order valence-corrected chi connectivity index (χ2v) is 5.49. The van der Waals surface area contributed by atoms with Crippen molar-refractivity contribution in [2.75, 3.05) is 0 Å². The van der Waals surface area contributed by atoms with E-state index < -0.39 is 11.5 Å². The summed E-state index contributed by atoms with van der Waals surface area (Å²) >= 11 is 0. The zero-order valence-electron chi connectivity index (χ0n) is 11.9. The highest BCUT2D eigenvalue weighted by Crippen LogP contribution is 2.31. The van der Waals surface area contributed by atoms with E-state index in [0.29, 0.717) is 5.82 Å². The van der Waals surface area contributed by atoms with E-state index in [1.807, 2.05) is 54.6 Å². The van der Waals surface area contributed by atoms with Crippen molar-refractivity contribution >= 4 is 17.0 Å². The third-order valence-corrected chi connectivity index (χ3v) is 3.68. The number of aliphatic carboxylic acids is 1. The molecule has 0 saturated carbocycles. The third-order valence-electron chi connectivity index (χ3n) is 3.68. The summed E-state index contributed by atoms with van der Waals surface area (Å²) in [6.45, 7) is 3.38. The van der Waals surface area contributed by atoms with Crippen molar-refractivity contribution in [1.29, 1.82) is 0 Å². The van der Waals surface area contributed by atoms with Gasteiger partial charge in [0.05, 0.1) is 11.0 Å². The van der Waals surface area contributed by atoms with Crippen molar-refractivity contribution in [3.8, 4) is 11.4 Å². The maximum absolute atomic E-state index is 11.7. The Bertz CT molecular complexity index is 804. The number of rotatable bonds is 3. The molecule has 0 amide bonds. The Hall–Kier alpha value is -2.62. The summed E-state index contributed by atoms with van der Waals surface area (Å²) < 4.78 is 1.79. The van der Waals surface area contributed by atoms with E-state index in [4.69, 9.17) is 0 Å². The van der Waals surface area contributed by atoms with Crippen LogP contribution in [0.2, 0.25) is 0 Å². The van der Waals surface area contributed by atoms with Crippen molar-refractivity contribution in [2.24, 2.45) is 0 Å². The van der Waals surface area contributed by atoms with Crippen LogP contribution in [0.5, 0.6) is 0 Å². The van der Waals surface area contributed by atoms with Gasteiger partial charge in [-0.2, -0.15) is 0 Å². The molecule has 0 unspecified atom stereocenters. The van der Waals surface area contributed by atoms with E-state index >= 15 is 0 Å². The number of carboxylic acid groups (broad SMARTS) is 1. The largest absolute Gasteiger partial charge is 0.480 e. The number of para-hydroxylation sites is 2. The minimum Gasteiger partial charge on any atom is -0.480 e. The molecule has 4 nitrogen and oxygen atoms in total. The Labute approximate surface area is 122 Å². The lowest BCUT2D eigenvalue weighted by molar-refractivity contribution is -0.145. The van der Waals surface area contributed by atoms with E-state index in [1.54, 1.807) is 18.4 Å². The number of carbonyl (C=O) groups is 1. The molecule has 1 aromatic heterocycles. The summed E-state index contributed by atoms with van der Waals surface area (Å²) in [7, 11) is 0. The van der Waals surface area contributed by atoms with Gasteiger partial charge in [-0.3, -0.25) is 0 Å². The van der Waals surface area contributed by atoms with Gasteiger partial charge < -0.3 is 9.67 Å². The van der Waals surface area contributed by atoms with Crippen molar-refractivity contribution in [2.45, 2.75) is 19.4 Å². The van der Waals surface area contributed by atoms with Crippen LogP contribution in [0, 0.1) is 0 Å². The minimum atomic E-state index is -1.08. The summed E-state index contributed by atoms with van der Waals surface area (Å²) in [6, 6.07) is 17.3. The van der Waals surface area contributed by atoms with Gasteiger partial charge in [-0.05, 0) is 26.0 Å². The molecular formula is C17H16N2O2. The van der Waals surface area contributed by atoms with Gasteiger partial charge in [0.2, 0.25) is 0 Å². The number of hydrogen-bond donors (Lipinski definition) is 1. The lowest BCUT2D eigenvalue weighted by Crippen LogP contribution is -2.36. The van der Waals surface area contributed by atoms with Gasteiger partial charge in [-0.1, -0.05) is 42.5 Å². The molecule has 0 aliphatic heterocycles. The maximum Gasteiger partial charge on any atom is 0.329 e. The van der Waals surface area contributed by atoms with Gasteiger partial charge in [0.15, 0.2) is 0 Å². The average Bonchev–Trinajstić information content (AvgIpc) is 2.88. The number of nitrogens with zero attached hydrogens (tertiary/aromatic N) is 2. The van der Waals surface area contributed by atoms with Crippen LogP contribution in [-0.4, -0.2) is 20.6 Å². The number of aromatic nitrogens is 2. The summed E-state index contributed by atoms with van der Waals surface area (Å²) in [5.74, 6) is -0.216. The molecule has 3 aromatic rings. The van der Waals surface area contributed by atoms with Crippen LogP contribution in [0.3, 0.4) is 0 Å². The Morgan fingerprint density at radius 3 is 2.33 bits per heavy atom. The zero-order valence-corrected chi connectivity index (χ0v) is 11.9. The van der Waals surface area contributed by atoms with Gasteiger partial charge in [-0.25, -0.2) is 9.78 Å². The predicted molar refractivity (Wildman–Crippen MR) is 82.1 cm³/mol. The standard InChI is InChI=1S/C17H16N2O2/c1-17(2,16(20)21)19-14-11-7-6-10-13(14)18-15(19)12-8-4-3-5-9-12/h3-11H,1-2H3,(H,20,21). The highest BCUT2D eigenvalue weighted by molar-refractivity contribution is 5.86. The first-order chi connectivity index (χ1) is 10.0. The Morgan fingerprint density at radius 1 is 1.05 bits per heavy atom. The van der Waals surface area contributed by atoms with Crippen molar-refractivity contribution in [1.82, 2.24) is 9.55 Å². The van der Waals surface area contributed by atoms with Crippen LogP contribution < -0.4 is 0 Å². The van der Waals surface area contributed by atoms with Gasteiger partial charge in [0.25, 0.3) is 0 Å². The quantitative estimate of drug-likeness (QED) is 0.798. The fourth-order valence-electron chi connectivity index (χ4n) is 2.47. The molecular weight excluding hydrogens is 264 g/mol. The van der Waals surface area contributed by atoms with Crippen LogP contribution in [0.4, 0.5) is 0 Å². The van der Waals surface area contributed by atoms with Crippen molar-refractivity contribution in [3.05, 3.63) is 54.6 Å². The highest BCUT2D eigenvalue weighted by atomic mass is 16.4. The minimum absolute atomic E-state index is 0.671. The molecule has 0 bridgehead atoms. The summed E-state index contributed by atoms with van der Waals surface area (Å²) in [5, 5.41) is 9.60. The lowest BCUT2D eigenvalue weighted by Gasteiger charge is -2.24. The second kappa shape index (κ2) is 4.74. The molecule has 3 rings (SSSR count). The first kappa shape index (κ1) is 13.4. The number of carboxylic acids is 1. The average molecular weight is 280 g/mol. The smallest absolute Gasteiger partial charge is 0.329 e. The molecule has 4 heteroatoms. The third kappa shape index (κ3) is 2.09. The number of imidazole rings is 1. The van der Waals surface area contributed by atoms with Crippen molar-refractivity contribution < 1.29 is 9.90 Å². The molecule has 0 aliphatic carbocycles. The first-order valence-electron chi connectivity index (χ1n) is 6.78. The zero-order chi connectivity index (χ0) is 15.0. The number of hydrogen-bond acceptors (Lipinski definition) is 2. The molecule has 0 saturated heterocycles. The first-order valence-corrected chi connectivity index (χ1v) is 6.78. The van der Waals surface area contributed by atoms with Gasteiger partial charge >= 0.3 is 5.97 Å². The molecule has 1 heterocycles. The lowest BCUT2D eigenvalue weighted by atomic mass is 10.0. The monoisotopic (exact) mass is 280 g/mol. The Kier molecular flexibility index (Phi) is 3.01. The van der Waals surface area contributed by atoms with Gasteiger partial charge in [-0.15, -0.1) is 0 Å². The molecule has 1 N–H and O–H groups in total. The Balaban J connectivity index is 2.37. The predicted octanol–water partition coefficient (Wildman–Crippen LogP) is 3.52. The Morgan fingerprint density at radius 2 is 1.67 bits per heavy atom. The maximum atomic E-state index is 11.7.